The third kappa shape index (κ3) is 3.61. The van der Waals surface area contributed by atoms with Gasteiger partial charge in [-0.05, 0) is 17.7 Å². The van der Waals surface area contributed by atoms with Crippen LogP contribution in [-0.2, 0) is 16.0 Å². The van der Waals surface area contributed by atoms with Crippen molar-refractivity contribution in [2.45, 2.75) is 19.4 Å². The highest BCUT2D eigenvalue weighted by Crippen LogP contribution is 2.12. The van der Waals surface area contributed by atoms with Gasteiger partial charge < -0.3 is 15.5 Å². The number of carboxylic acid groups (broad SMARTS) is 1. The van der Waals surface area contributed by atoms with E-state index in [0.29, 0.717) is 5.56 Å². The lowest BCUT2D eigenvalue weighted by Crippen LogP contribution is -2.41. The predicted molar refractivity (Wildman–Crippen MR) is 57.1 cm³/mol. The number of rotatable bonds is 4. The number of hydrogen-bond acceptors (Lipinski definition) is 3. The summed E-state index contributed by atoms with van der Waals surface area (Å²) in [6.07, 6.45) is 0.142. The summed E-state index contributed by atoms with van der Waals surface area (Å²) < 4.78 is 0. The van der Waals surface area contributed by atoms with Crippen LogP contribution in [0.25, 0.3) is 0 Å². The van der Waals surface area contributed by atoms with Crippen LogP contribution in [0.3, 0.4) is 0 Å². The highest BCUT2D eigenvalue weighted by atomic mass is 16.4. The van der Waals surface area contributed by atoms with Gasteiger partial charge >= 0.3 is 5.97 Å². The topological polar surface area (TPSA) is 86.6 Å². The van der Waals surface area contributed by atoms with Gasteiger partial charge in [-0.1, -0.05) is 12.1 Å². The molecule has 0 unspecified atom stereocenters. The first-order chi connectivity index (χ1) is 7.49. The summed E-state index contributed by atoms with van der Waals surface area (Å²) in [6.45, 7) is 1.26. The summed E-state index contributed by atoms with van der Waals surface area (Å²) in [5, 5.41) is 20.4. The van der Waals surface area contributed by atoms with Crippen molar-refractivity contribution in [3.63, 3.8) is 0 Å². The van der Waals surface area contributed by atoms with E-state index in [1.54, 1.807) is 12.1 Å². The number of amides is 1. The summed E-state index contributed by atoms with van der Waals surface area (Å²) in [4.78, 5) is 21.6. The van der Waals surface area contributed by atoms with E-state index in [1.165, 1.54) is 19.1 Å². The number of phenolic OH excluding ortho intramolecular Hbond substituents is 1. The van der Waals surface area contributed by atoms with Crippen molar-refractivity contribution in [1.82, 2.24) is 5.32 Å². The average molecular weight is 223 g/mol. The SMILES string of the molecule is CC(=O)N[C@H](Cc1cccc(O)c1)C(=O)O. The van der Waals surface area contributed by atoms with Crippen molar-refractivity contribution in [3.8, 4) is 5.75 Å². The Kier molecular flexibility index (Phi) is 3.88. The Morgan fingerprint density at radius 1 is 1.44 bits per heavy atom. The summed E-state index contributed by atoms with van der Waals surface area (Å²) in [6, 6.07) is 5.31. The van der Waals surface area contributed by atoms with Crippen LogP contribution in [-0.4, -0.2) is 28.1 Å². The van der Waals surface area contributed by atoms with Gasteiger partial charge in [-0.15, -0.1) is 0 Å². The summed E-state index contributed by atoms with van der Waals surface area (Å²) in [5.74, 6) is -1.42. The number of phenols is 1. The van der Waals surface area contributed by atoms with Gasteiger partial charge in [0.2, 0.25) is 5.91 Å². The first-order valence-corrected chi connectivity index (χ1v) is 4.77. The normalized spacial score (nSPS) is 11.8. The van der Waals surface area contributed by atoms with Gasteiger partial charge in [0.05, 0.1) is 0 Å². The van der Waals surface area contributed by atoms with Crippen molar-refractivity contribution in [3.05, 3.63) is 29.8 Å². The van der Waals surface area contributed by atoms with Crippen molar-refractivity contribution < 1.29 is 19.8 Å². The van der Waals surface area contributed by atoms with Crippen LogP contribution in [0.2, 0.25) is 0 Å². The molecule has 0 aromatic heterocycles. The van der Waals surface area contributed by atoms with Gasteiger partial charge in [-0.3, -0.25) is 4.79 Å². The second-order valence-corrected chi connectivity index (χ2v) is 3.47. The fourth-order valence-electron chi connectivity index (χ4n) is 1.36. The smallest absolute Gasteiger partial charge is 0.326 e. The molecule has 5 heteroatoms. The first kappa shape index (κ1) is 12.0. The summed E-state index contributed by atoms with van der Waals surface area (Å²) >= 11 is 0. The minimum absolute atomic E-state index is 0.0736. The minimum Gasteiger partial charge on any atom is -0.508 e. The van der Waals surface area contributed by atoms with Crippen LogP contribution < -0.4 is 5.32 Å². The molecule has 16 heavy (non-hydrogen) atoms. The molecular weight excluding hydrogens is 210 g/mol. The number of carbonyl (C=O) groups is 2. The lowest BCUT2D eigenvalue weighted by Gasteiger charge is -2.13. The fraction of sp³-hybridized carbons (Fsp3) is 0.273. The number of carbonyl (C=O) groups excluding carboxylic acids is 1. The summed E-state index contributed by atoms with van der Waals surface area (Å²) in [5.41, 5.74) is 0.654. The van der Waals surface area contributed by atoms with Crippen LogP contribution in [0.15, 0.2) is 24.3 Å². The van der Waals surface area contributed by atoms with E-state index in [0.717, 1.165) is 0 Å². The maximum atomic E-state index is 10.8. The highest BCUT2D eigenvalue weighted by molar-refractivity contribution is 5.82. The third-order valence-corrected chi connectivity index (χ3v) is 2.03. The minimum atomic E-state index is -1.10. The van der Waals surface area contributed by atoms with Gasteiger partial charge in [-0.2, -0.15) is 0 Å². The van der Waals surface area contributed by atoms with E-state index in [-0.39, 0.29) is 12.2 Å². The van der Waals surface area contributed by atoms with Gasteiger partial charge in [0.15, 0.2) is 0 Å². The second kappa shape index (κ2) is 5.16. The maximum absolute atomic E-state index is 10.8. The number of hydrogen-bond donors (Lipinski definition) is 3. The Bertz CT molecular complexity index is 403. The van der Waals surface area contributed by atoms with E-state index in [2.05, 4.69) is 5.32 Å². The first-order valence-electron chi connectivity index (χ1n) is 4.77. The Hall–Kier alpha value is -2.04. The number of benzene rings is 1. The van der Waals surface area contributed by atoms with Crippen molar-refractivity contribution >= 4 is 11.9 Å². The highest BCUT2D eigenvalue weighted by Gasteiger charge is 2.18. The van der Waals surface area contributed by atoms with Gasteiger partial charge in [0.1, 0.15) is 11.8 Å². The van der Waals surface area contributed by atoms with E-state index in [1.807, 2.05) is 0 Å². The molecule has 0 saturated heterocycles. The third-order valence-electron chi connectivity index (χ3n) is 2.03. The van der Waals surface area contributed by atoms with Crippen LogP contribution in [0.5, 0.6) is 5.75 Å². The Balaban J connectivity index is 2.75. The van der Waals surface area contributed by atoms with Crippen LogP contribution in [0.4, 0.5) is 0 Å². The lowest BCUT2D eigenvalue weighted by atomic mass is 10.1. The largest absolute Gasteiger partial charge is 0.508 e. The Morgan fingerprint density at radius 2 is 2.12 bits per heavy atom. The van der Waals surface area contributed by atoms with Crippen molar-refractivity contribution in [1.29, 1.82) is 0 Å². The van der Waals surface area contributed by atoms with Crippen LogP contribution >= 0.6 is 0 Å². The fourth-order valence-corrected chi connectivity index (χ4v) is 1.36. The molecule has 1 amide bonds. The number of aromatic hydroxyl groups is 1. The predicted octanol–water partition coefficient (Wildman–Crippen LogP) is 0.524. The molecule has 5 nitrogen and oxygen atoms in total. The molecule has 3 N–H and O–H groups in total. The average Bonchev–Trinajstić information content (AvgIpc) is 2.15. The second-order valence-electron chi connectivity index (χ2n) is 3.47. The van der Waals surface area contributed by atoms with Crippen molar-refractivity contribution in [2.75, 3.05) is 0 Å². The van der Waals surface area contributed by atoms with Crippen molar-refractivity contribution in [2.24, 2.45) is 0 Å². The molecule has 86 valence electrons. The number of aliphatic carboxylic acids is 1. The maximum Gasteiger partial charge on any atom is 0.326 e. The zero-order valence-corrected chi connectivity index (χ0v) is 8.80. The molecule has 0 saturated carbocycles. The number of carboxylic acids is 1. The molecule has 0 aliphatic heterocycles. The monoisotopic (exact) mass is 223 g/mol. The molecule has 0 spiro atoms. The molecule has 0 fully saturated rings. The Labute approximate surface area is 92.7 Å². The molecule has 0 aliphatic carbocycles. The van der Waals surface area contributed by atoms with Crippen LogP contribution in [0.1, 0.15) is 12.5 Å². The Morgan fingerprint density at radius 3 is 2.62 bits per heavy atom. The molecule has 1 atom stereocenters. The molecule has 0 radical (unpaired) electrons. The van der Waals surface area contributed by atoms with Gasteiger partial charge in [0, 0.05) is 13.3 Å². The van der Waals surface area contributed by atoms with E-state index < -0.39 is 17.9 Å². The molecule has 0 aliphatic rings. The van der Waals surface area contributed by atoms with Gasteiger partial charge in [0.25, 0.3) is 0 Å². The van der Waals surface area contributed by atoms with E-state index in [4.69, 9.17) is 5.11 Å². The molecule has 0 heterocycles. The molecule has 1 aromatic carbocycles. The zero-order chi connectivity index (χ0) is 12.1. The summed E-state index contributed by atoms with van der Waals surface area (Å²) in [7, 11) is 0. The standard InChI is InChI=1S/C11H13NO4/c1-7(13)12-10(11(15)16)6-8-3-2-4-9(14)5-8/h2-5,10,14H,6H2,1H3,(H,12,13)(H,15,16)/t10-/m1/s1. The molecule has 1 rings (SSSR count). The van der Waals surface area contributed by atoms with Gasteiger partial charge in [-0.25, -0.2) is 4.79 Å². The molecule has 1 aromatic rings. The number of nitrogens with one attached hydrogen (secondary N) is 1. The zero-order valence-electron chi connectivity index (χ0n) is 8.80. The van der Waals surface area contributed by atoms with Crippen LogP contribution in [0, 0.1) is 0 Å². The van der Waals surface area contributed by atoms with E-state index in [9.17, 15) is 14.7 Å². The quantitative estimate of drug-likeness (QED) is 0.694. The van der Waals surface area contributed by atoms with E-state index >= 15 is 0 Å². The molecular formula is C11H13NO4. The lowest BCUT2D eigenvalue weighted by molar-refractivity contribution is -0.141. The molecule has 0 bridgehead atoms.